The van der Waals surface area contributed by atoms with Gasteiger partial charge in [0.1, 0.15) is 11.1 Å². The molecule has 0 N–H and O–H groups in total. The SMILES string of the molecule is O=S(=O)(c1ccc(F)cc1)C1CN(c2ccncc2)C1. The Bertz CT molecular complexity index is 696. The van der Waals surface area contributed by atoms with Crippen LogP contribution in [0.3, 0.4) is 0 Å². The van der Waals surface area contributed by atoms with E-state index in [2.05, 4.69) is 4.98 Å². The molecule has 6 heteroatoms. The molecule has 0 aliphatic carbocycles. The van der Waals surface area contributed by atoms with Gasteiger partial charge in [-0.2, -0.15) is 0 Å². The second kappa shape index (κ2) is 4.86. The molecule has 0 radical (unpaired) electrons. The Morgan fingerprint density at radius 2 is 1.65 bits per heavy atom. The number of halogens is 1. The molecule has 2 heterocycles. The van der Waals surface area contributed by atoms with Crippen molar-refractivity contribution in [1.29, 1.82) is 0 Å². The Labute approximate surface area is 116 Å². The third kappa shape index (κ3) is 2.27. The summed E-state index contributed by atoms with van der Waals surface area (Å²) in [5.41, 5.74) is 0.963. The van der Waals surface area contributed by atoms with E-state index in [0.717, 1.165) is 5.69 Å². The normalized spacial score (nSPS) is 15.9. The maximum atomic E-state index is 12.8. The van der Waals surface area contributed by atoms with E-state index >= 15 is 0 Å². The first-order valence-electron chi connectivity index (χ1n) is 6.22. The van der Waals surface area contributed by atoms with Crippen molar-refractivity contribution in [2.75, 3.05) is 18.0 Å². The smallest absolute Gasteiger partial charge is 0.184 e. The number of aromatic nitrogens is 1. The summed E-state index contributed by atoms with van der Waals surface area (Å²) in [6.45, 7) is 0.896. The van der Waals surface area contributed by atoms with Gasteiger partial charge in [-0.15, -0.1) is 0 Å². The molecule has 0 atom stereocenters. The standard InChI is InChI=1S/C14H13FN2O2S/c15-11-1-3-13(4-2-11)20(18,19)14-9-17(10-14)12-5-7-16-8-6-12/h1-8,14H,9-10H2. The summed E-state index contributed by atoms with van der Waals surface area (Å²) in [6.07, 6.45) is 3.36. The van der Waals surface area contributed by atoms with Crippen LogP contribution in [0.5, 0.6) is 0 Å². The monoisotopic (exact) mass is 292 g/mol. The Morgan fingerprint density at radius 3 is 2.25 bits per heavy atom. The molecule has 0 spiro atoms. The van der Waals surface area contributed by atoms with Crippen LogP contribution in [-0.2, 0) is 9.84 Å². The number of hydrogen-bond acceptors (Lipinski definition) is 4. The highest BCUT2D eigenvalue weighted by molar-refractivity contribution is 7.92. The Morgan fingerprint density at radius 1 is 1.05 bits per heavy atom. The fourth-order valence-electron chi connectivity index (χ4n) is 2.22. The fraction of sp³-hybridized carbons (Fsp3) is 0.214. The van der Waals surface area contributed by atoms with Crippen molar-refractivity contribution in [3.05, 3.63) is 54.6 Å². The minimum Gasteiger partial charge on any atom is -0.369 e. The Kier molecular flexibility index (Phi) is 3.17. The van der Waals surface area contributed by atoms with Crippen LogP contribution in [0.25, 0.3) is 0 Å². The third-order valence-electron chi connectivity index (χ3n) is 3.46. The van der Waals surface area contributed by atoms with E-state index in [-0.39, 0.29) is 4.90 Å². The van der Waals surface area contributed by atoms with E-state index in [1.54, 1.807) is 12.4 Å². The second-order valence-corrected chi connectivity index (χ2v) is 6.96. The van der Waals surface area contributed by atoms with Crippen molar-refractivity contribution in [1.82, 2.24) is 4.98 Å². The quantitative estimate of drug-likeness (QED) is 0.811. The van der Waals surface area contributed by atoms with Crippen molar-refractivity contribution in [2.45, 2.75) is 10.1 Å². The van der Waals surface area contributed by atoms with Crippen LogP contribution < -0.4 is 4.90 Å². The highest BCUT2D eigenvalue weighted by Crippen LogP contribution is 2.27. The van der Waals surface area contributed by atoms with Crippen molar-refractivity contribution in [3.63, 3.8) is 0 Å². The lowest BCUT2D eigenvalue weighted by atomic mass is 10.2. The molecule has 2 aromatic rings. The molecule has 0 unspecified atom stereocenters. The molecule has 0 saturated carbocycles. The number of nitrogens with zero attached hydrogens (tertiary/aromatic N) is 2. The van der Waals surface area contributed by atoms with E-state index in [4.69, 9.17) is 0 Å². The maximum absolute atomic E-state index is 12.8. The molecule has 1 saturated heterocycles. The summed E-state index contributed by atoms with van der Waals surface area (Å²) in [5.74, 6) is -0.434. The van der Waals surface area contributed by atoms with Gasteiger partial charge < -0.3 is 4.90 Å². The zero-order valence-electron chi connectivity index (χ0n) is 10.6. The molecule has 1 aliphatic rings. The topological polar surface area (TPSA) is 50.3 Å². The van der Waals surface area contributed by atoms with Crippen LogP contribution >= 0.6 is 0 Å². The van der Waals surface area contributed by atoms with Crippen molar-refractivity contribution in [2.24, 2.45) is 0 Å². The van der Waals surface area contributed by atoms with Crippen LogP contribution in [0.2, 0.25) is 0 Å². The molecule has 0 bridgehead atoms. The predicted octanol–water partition coefficient (Wildman–Crippen LogP) is 1.88. The maximum Gasteiger partial charge on any atom is 0.184 e. The lowest BCUT2D eigenvalue weighted by Crippen LogP contribution is -2.54. The fourth-order valence-corrected chi connectivity index (χ4v) is 3.87. The molecular formula is C14H13FN2O2S. The van der Waals surface area contributed by atoms with Crippen LogP contribution in [0.1, 0.15) is 0 Å². The lowest BCUT2D eigenvalue weighted by Gasteiger charge is -2.40. The molecule has 20 heavy (non-hydrogen) atoms. The summed E-state index contributed by atoms with van der Waals surface area (Å²) < 4.78 is 37.5. The Hall–Kier alpha value is -1.95. The summed E-state index contributed by atoms with van der Waals surface area (Å²) in [7, 11) is -3.38. The number of rotatable bonds is 3. The van der Waals surface area contributed by atoms with E-state index in [0.29, 0.717) is 13.1 Å². The minimum absolute atomic E-state index is 0.179. The van der Waals surface area contributed by atoms with Crippen molar-refractivity contribution in [3.8, 4) is 0 Å². The van der Waals surface area contributed by atoms with Gasteiger partial charge in [-0.05, 0) is 36.4 Å². The average Bonchev–Trinajstić information content (AvgIpc) is 2.38. The molecule has 104 valence electrons. The molecule has 1 aromatic carbocycles. The third-order valence-corrected chi connectivity index (χ3v) is 5.56. The highest BCUT2D eigenvalue weighted by Gasteiger charge is 2.38. The first-order valence-corrected chi connectivity index (χ1v) is 7.76. The van der Waals surface area contributed by atoms with Crippen LogP contribution in [-0.4, -0.2) is 31.7 Å². The molecule has 1 aromatic heterocycles. The summed E-state index contributed by atoms with van der Waals surface area (Å²) in [6, 6.07) is 8.68. The first kappa shape index (κ1) is 13.1. The van der Waals surface area contributed by atoms with Gasteiger partial charge in [0.2, 0.25) is 0 Å². The number of hydrogen-bond donors (Lipinski definition) is 0. The molecule has 3 rings (SSSR count). The zero-order valence-corrected chi connectivity index (χ0v) is 11.4. The molecular weight excluding hydrogens is 279 g/mol. The summed E-state index contributed by atoms with van der Waals surface area (Å²) in [5, 5.41) is -0.443. The lowest BCUT2D eigenvalue weighted by molar-refractivity contribution is 0.541. The number of pyridine rings is 1. The van der Waals surface area contributed by atoms with Gasteiger partial charge in [-0.1, -0.05) is 0 Å². The number of anilines is 1. The van der Waals surface area contributed by atoms with Crippen molar-refractivity contribution >= 4 is 15.5 Å². The predicted molar refractivity (Wildman–Crippen MR) is 73.8 cm³/mol. The van der Waals surface area contributed by atoms with Crippen molar-refractivity contribution < 1.29 is 12.8 Å². The van der Waals surface area contributed by atoms with E-state index in [1.165, 1.54) is 24.3 Å². The molecule has 4 nitrogen and oxygen atoms in total. The van der Waals surface area contributed by atoms with E-state index in [9.17, 15) is 12.8 Å². The summed E-state index contributed by atoms with van der Waals surface area (Å²) in [4.78, 5) is 6.09. The summed E-state index contributed by atoms with van der Waals surface area (Å²) >= 11 is 0. The van der Waals surface area contributed by atoms with Crippen LogP contribution in [0.4, 0.5) is 10.1 Å². The van der Waals surface area contributed by atoms with Gasteiger partial charge in [-0.3, -0.25) is 4.98 Å². The van der Waals surface area contributed by atoms with E-state index in [1.807, 2.05) is 17.0 Å². The van der Waals surface area contributed by atoms with Gasteiger partial charge in [0.25, 0.3) is 0 Å². The van der Waals surface area contributed by atoms with Crippen LogP contribution in [0, 0.1) is 5.82 Å². The Balaban J connectivity index is 1.74. The van der Waals surface area contributed by atoms with Crippen LogP contribution in [0.15, 0.2) is 53.7 Å². The molecule has 0 amide bonds. The number of benzene rings is 1. The van der Waals surface area contributed by atoms with Gasteiger partial charge in [-0.25, -0.2) is 12.8 Å². The van der Waals surface area contributed by atoms with Gasteiger partial charge in [0.05, 0.1) is 4.90 Å². The minimum atomic E-state index is -3.38. The van der Waals surface area contributed by atoms with Gasteiger partial charge >= 0.3 is 0 Å². The number of sulfone groups is 1. The van der Waals surface area contributed by atoms with Gasteiger partial charge in [0.15, 0.2) is 9.84 Å². The largest absolute Gasteiger partial charge is 0.369 e. The first-order chi connectivity index (χ1) is 9.57. The molecule has 1 aliphatic heterocycles. The molecule has 1 fully saturated rings. The van der Waals surface area contributed by atoms with Gasteiger partial charge in [0, 0.05) is 31.2 Å². The average molecular weight is 292 g/mol. The van der Waals surface area contributed by atoms with E-state index < -0.39 is 20.9 Å². The second-order valence-electron chi connectivity index (χ2n) is 4.73. The highest BCUT2D eigenvalue weighted by atomic mass is 32.2. The zero-order chi connectivity index (χ0) is 14.2.